The molecule has 1 atom stereocenters. The Morgan fingerprint density at radius 2 is 1.96 bits per heavy atom. The Morgan fingerprint density at radius 3 is 2.65 bits per heavy atom. The first kappa shape index (κ1) is 19.3. The summed E-state index contributed by atoms with van der Waals surface area (Å²) >= 11 is 0. The summed E-state index contributed by atoms with van der Waals surface area (Å²) in [4.78, 5) is 14.9. The van der Waals surface area contributed by atoms with Crippen molar-refractivity contribution < 1.29 is 13.2 Å². The molecule has 0 aromatic heterocycles. The van der Waals surface area contributed by atoms with E-state index in [1.165, 1.54) is 16.8 Å². The van der Waals surface area contributed by atoms with Gasteiger partial charge in [-0.3, -0.25) is 4.79 Å². The van der Waals surface area contributed by atoms with E-state index in [0.717, 1.165) is 38.8 Å². The third kappa shape index (κ3) is 3.94. The SMILES string of the molecule is C[C@H]1CNCCN1C(=O)c1cccc(S(=O)(=O)N(C)C2CCCCC2)c1. The van der Waals surface area contributed by atoms with Crippen LogP contribution in [0.25, 0.3) is 0 Å². The lowest BCUT2D eigenvalue weighted by Gasteiger charge is -2.34. The minimum atomic E-state index is -3.59. The van der Waals surface area contributed by atoms with E-state index >= 15 is 0 Å². The standard InChI is InChI=1S/C19H29N3O3S/c1-15-14-20-11-12-22(15)19(23)16-7-6-10-18(13-16)26(24,25)21(2)17-8-4-3-5-9-17/h6-7,10,13,15,17,20H,3-5,8-9,11-12,14H2,1-2H3/t15-/m0/s1. The quantitative estimate of drug-likeness (QED) is 0.870. The summed E-state index contributed by atoms with van der Waals surface area (Å²) in [5.74, 6) is -0.101. The zero-order chi connectivity index (χ0) is 18.7. The Balaban J connectivity index is 1.82. The van der Waals surface area contributed by atoms with Gasteiger partial charge in [0, 0.05) is 44.3 Å². The Morgan fingerprint density at radius 1 is 1.23 bits per heavy atom. The van der Waals surface area contributed by atoms with Crippen LogP contribution in [0.1, 0.15) is 49.4 Å². The lowest BCUT2D eigenvalue weighted by molar-refractivity contribution is 0.0655. The summed E-state index contributed by atoms with van der Waals surface area (Å²) in [6.07, 6.45) is 5.14. The molecule has 6 nitrogen and oxygen atoms in total. The van der Waals surface area contributed by atoms with Gasteiger partial charge >= 0.3 is 0 Å². The molecule has 26 heavy (non-hydrogen) atoms. The number of nitrogens with one attached hydrogen (secondary N) is 1. The number of carbonyl (C=O) groups excluding carboxylic acids is 1. The molecule has 1 amide bonds. The first-order valence-electron chi connectivity index (χ1n) is 9.51. The van der Waals surface area contributed by atoms with Crippen molar-refractivity contribution in [3.05, 3.63) is 29.8 Å². The summed E-state index contributed by atoms with van der Waals surface area (Å²) < 4.78 is 27.6. The number of benzene rings is 1. The third-order valence-electron chi connectivity index (χ3n) is 5.61. The largest absolute Gasteiger partial charge is 0.333 e. The highest BCUT2D eigenvalue weighted by Gasteiger charge is 2.30. The van der Waals surface area contributed by atoms with E-state index < -0.39 is 10.0 Å². The Hall–Kier alpha value is -1.44. The van der Waals surface area contributed by atoms with Gasteiger partial charge < -0.3 is 10.2 Å². The van der Waals surface area contributed by atoms with Crippen LogP contribution in [0.2, 0.25) is 0 Å². The van der Waals surface area contributed by atoms with Gasteiger partial charge in [0.15, 0.2) is 0 Å². The second-order valence-electron chi connectivity index (χ2n) is 7.39. The van der Waals surface area contributed by atoms with Crippen LogP contribution in [-0.2, 0) is 10.0 Å². The van der Waals surface area contributed by atoms with Gasteiger partial charge in [-0.1, -0.05) is 25.3 Å². The van der Waals surface area contributed by atoms with Crippen LogP contribution in [0.5, 0.6) is 0 Å². The minimum Gasteiger partial charge on any atom is -0.333 e. The van der Waals surface area contributed by atoms with Crippen molar-refractivity contribution in [1.29, 1.82) is 0 Å². The summed E-state index contributed by atoms with van der Waals surface area (Å²) in [5.41, 5.74) is 0.442. The lowest BCUT2D eigenvalue weighted by atomic mass is 9.96. The molecule has 2 aliphatic rings. The summed E-state index contributed by atoms with van der Waals surface area (Å²) in [5, 5.41) is 3.26. The van der Waals surface area contributed by atoms with Crippen molar-refractivity contribution in [2.75, 3.05) is 26.7 Å². The monoisotopic (exact) mass is 379 g/mol. The molecule has 1 aliphatic carbocycles. The normalized spacial score (nSPS) is 22.6. The van der Waals surface area contributed by atoms with Crippen molar-refractivity contribution in [2.24, 2.45) is 0 Å². The van der Waals surface area contributed by atoms with Crippen LogP contribution >= 0.6 is 0 Å². The fraction of sp³-hybridized carbons (Fsp3) is 0.632. The maximum Gasteiger partial charge on any atom is 0.254 e. The number of carbonyl (C=O) groups is 1. The number of nitrogens with zero attached hydrogens (tertiary/aromatic N) is 2. The zero-order valence-electron chi connectivity index (χ0n) is 15.6. The number of hydrogen-bond donors (Lipinski definition) is 1. The molecule has 1 aliphatic heterocycles. The van der Waals surface area contributed by atoms with Crippen molar-refractivity contribution >= 4 is 15.9 Å². The molecule has 1 saturated heterocycles. The predicted octanol–water partition coefficient (Wildman–Crippen LogP) is 2.07. The van der Waals surface area contributed by atoms with E-state index in [4.69, 9.17) is 0 Å². The molecule has 144 valence electrons. The van der Waals surface area contributed by atoms with E-state index in [-0.39, 0.29) is 22.9 Å². The molecule has 0 unspecified atom stereocenters. The first-order chi connectivity index (χ1) is 12.4. The van der Waals surface area contributed by atoms with Crippen LogP contribution in [0, 0.1) is 0 Å². The van der Waals surface area contributed by atoms with Crippen LogP contribution in [0.4, 0.5) is 0 Å². The number of hydrogen-bond acceptors (Lipinski definition) is 4. The highest BCUT2D eigenvalue weighted by atomic mass is 32.2. The first-order valence-corrected chi connectivity index (χ1v) is 10.9. The molecule has 0 radical (unpaired) electrons. The summed E-state index contributed by atoms with van der Waals surface area (Å²) in [7, 11) is -1.92. The van der Waals surface area contributed by atoms with Crippen LogP contribution in [-0.4, -0.2) is 62.3 Å². The topological polar surface area (TPSA) is 69.7 Å². The molecule has 3 rings (SSSR count). The van der Waals surface area contributed by atoms with E-state index in [9.17, 15) is 13.2 Å². The molecular formula is C19H29N3O3S. The van der Waals surface area contributed by atoms with Gasteiger partial charge in [-0.25, -0.2) is 8.42 Å². The Kier molecular flexibility index (Phi) is 5.99. The minimum absolute atomic E-state index is 0.0568. The molecule has 0 spiro atoms. The second kappa shape index (κ2) is 8.06. The molecule has 1 aromatic rings. The molecule has 0 bridgehead atoms. The van der Waals surface area contributed by atoms with Crippen molar-refractivity contribution in [3.8, 4) is 0 Å². The number of amides is 1. The molecule has 1 saturated carbocycles. The lowest BCUT2D eigenvalue weighted by Crippen LogP contribution is -2.52. The third-order valence-corrected chi connectivity index (χ3v) is 7.52. The fourth-order valence-corrected chi connectivity index (χ4v) is 5.37. The van der Waals surface area contributed by atoms with E-state index in [1.54, 1.807) is 25.2 Å². The highest BCUT2D eigenvalue weighted by Crippen LogP contribution is 2.27. The van der Waals surface area contributed by atoms with Gasteiger partial charge in [-0.15, -0.1) is 0 Å². The molecule has 7 heteroatoms. The predicted molar refractivity (Wildman–Crippen MR) is 102 cm³/mol. The molecule has 1 heterocycles. The van der Waals surface area contributed by atoms with E-state index in [0.29, 0.717) is 12.1 Å². The number of sulfonamides is 1. The van der Waals surface area contributed by atoms with Crippen LogP contribution in [0.3, 0.4) is 0 Å². The average molecular weight is 380 g/mol. The van der Waals surface area contributed by atoms with Gasteiger partial charge in [-0.2, -0.15) is 4.31 Å². The summed E-state index contributed by atoms with van der Waals surface area (Å²) in [6, 6.07) is 6.65. The Bertz CT molecular complexity index is 744. The highest BCUT2D eigenvalue weighted by molar-refractivity contribution is 7.89. The van der Waals surface area contributed by atoms with Crippen molar-refractivity contribution in [1.82, 2.24) is 14.5 Å². The van der Waals surface area contributed by atoms with Gasteiger partial charge in [-0.05, 0) is 38.0 Å². The zero-order valence-corrected chi connectivity index (χ0v) is 16.5. The second-order valence-corrected chi connectivity index (χ2v) is 9.39. The summed E-state index contributed by atoms with van der Waals surface area (Å²) in [6.45, 7) is 4.16. The van der Waals surface area contributed by atoms with Crippen LogP contribution < -0.4 is 5.32 Å². The van der Waals surface area contributed by atoms with E-state index in [1.807, 2.05) is 11.8 Å². The van der Waals surface area contributed by atoms with Crippen molar-refractivity contribution in [2.45, 2.75) is 56.0 Å². The maximum atomic E-state index is 13.0. The fourth-order valence-electron chi connectivity index (χ4n) is 3.91. The number of piperazine rings is 1. The Labute approximate surface area is 156 Å². The van der Waals surface area contributed by atoms with Gasteiger partial charge in [0.2, 0.25) is 10.0 Å². The van der Waals surface area contributed by atoms with Gasteiger partial charge in [0.05, 0.1) is 4.90 Å². The smallest absolute Gasteiger partial charge is 0.254 e. The van der Waals surface area contributed by atoms with Crippen LogP contribution in [0.15, 0.2) is 29.2 Å². The van der Waals surface area contributed by atoms with Gasteiger partial charge in [0.1, 0.15) is 0 Å². The maximum absolute atomic E-state index is 13.0. The van der Waals surface area contributed by atoms with Gasteiger partial charge in [0.25, 0.3) is 5.91 Å². The molecule has 1 aromatic carbocycles. The average Bonchev–Trinajstić information content (AvgIpc) is 2.68. The number of rotatable bonds is 4. The molecule has 1 N–H and O–H groups in total. The molecular weight excluding hydrogens is 350 g/mol. The van der Waals surface area contributed by atoms with Crippen molar-refractivity contribution in [3.63, 3.8) is 0 Å². The van der Waals surface area contributed by atoms with E-state index in [2.05, 4.69) is 5.32 Å². The molecule has 2 fully saturated rings.